The van der Waals surface area contributed by atoms with E-state index in [1.807, 2.05) is 0 Å². The van der Waals surface area contributed by atoms with Gasteiger partial charge < -0.3 is 10.1 Å². The van der Waals surface area contributed by atoms with Gasteiger partial charge in [-0.05, 0) is 49.3 Å². The van der Waals surface area contributed by atoms with E-state index in [0.29, 0.717) is 12.0 Å². The van der Waals surface area contributed by atoms with Gasteiger partial charge in [-0.25, -0.2) is 0 Å². The Morgan fingerprint density at radius 1 is 1.26 bits per heavy atom. The van der Waals surface area contributed by atoms with Gasteiger partial charge in [-0.2, -0.15) is 0 Å². The fraction of sp³-hybridized carbons (Fsp3) is 0.647. The maximum atomic E-state index is 5.90. The largest absolute Gasteiger partial charge is 0.493 e. The summed E-state index contributed by atoms with van der Waals surface area (Å²) in [6.07, 6.45) is 3.71. The van der Waals surface area contributed by atoms with Crippen molar-refractivity contribution in [3.05, 3.63) is 29.8 Å². The van der Waals surface area contributed by atoms with E-state index in [1.165, 1.54) is 18.4 Å². The van der Waals surface area contributed by atoms with Gasteiger partial charge in [0.15, 0.2) is 0 Å². The minimum absolute atomic E-state index is 0.577. The Bertz CT molecular complexity index is 389. The van der Waals surface area contributed by atoms with E-state index in [4.69, 9.17) is 4.74 Å². The van der Waals surface area contributed by atoms with E-state index >= 15 is 0 Å². The van der Waals surface area contributed by atoms with Crippen molar-refractivity contribution in [1.82, 2.24) is 5.32 Å². The molecule has 1 aromatic carbocycles. The lowest BCUT2D eigenvalue weighted by atomic mass is 9.69. The third-order valence-corrected chi connectivity index (χ3v) is 3.99. The van der Waals surface area contributed by atoms with Crippen LogP contribution < -0.4 is 10.1 Å². The third-order valence-electron chi connectivity index (χ3n) is 3.99. The average Bonchev–Trinajstić information content (AvgIpc) is 2.36. The van der Waals surface area contributed by atoms with E-state index in [2.05, 4.69) is 50.4 Å². The van der Waals surface area contributed by atoms with Crippen LogP contribution >= 0.6 is 0 Å². The molecule has 1 aliphatic rings. The molecule has 0 bridgehead atoms. The fourth-order valence-electron chi connectivity index (χ4n) is 2.74. The number of ether oxygens (including phenoxy) is 1. The molecule has 1 aliphatic carbocycles. The second-order valence-corrected chi connectivity index (χ2v) is 5.89. The van der Waals surface area contributed by atoms with Gasteiger partial charge in [0.2, 0.25) is 0 Å². The summed E-state index contributed by atoms with van der Waals surface area (Å²) in [5.74, 6) is 2.55. The Labute approximate surface area is 117 Å². The Kier molecular flexibility index (Phi) is 5.26. The summed E-state index contributed by atoms with van der Waals surface area (Å²) in [6, 6.07) is 9.16. The van der Waals surface area contributed by atoms with Crippen LogP contribution in [-0.4, -0.2) is 19.2 Å². The molecule has 0 saturated heterocycles. The van der Waals surface area contributed by atoms with E-state index in [-0.39, 0.29) is 0 Å². The Morgan fingerprint density at radius 3 is 2.68 bits per heavy atom. The summed E-state index contributed by atoms with van der Waals surface area (Å²) in [6.45, 7) is 8.53. The molecular weight excluding hydrogens is 234 g/mol. The molecule has 2 atom stereocenters. The van der Waals surface area contributed by atoms with Crippen LogP contribution in [0.25, 0.3) is 0 Å². The zero-order valence-electron chi connectivity index (χ0n) is 12.5. The Morgan fingerprint density at radius 2 is 2.05 bits per heavy atom. The van der Waals surface area contributed by atoms with Gasteiger partial charge in [-0.1, -0.05) is 39.0 Å². The Balaban J connectivity index is 2.00. The zero-order chi connectivity index (χ0) is 13.7. The monoisotopic (exact) mass is 261 g/mol. The van der Waals surface area contributed by atoms with Gasteiger partial charge >= 0.3 is 0 Å². The Hall–Kier alpha value is -1.02. The first-order valence-corrected chi connectivity index (χ1v) is 7.67. The molecule has 1 saturated carbocycles. The number of hydrogen-bond acceptors (Lipinski definition) is 2. The molecule has 0 radical (unpaired) electrons. The van der Waals surface area contributed by atoms with Crippen LogP contribution in [-0.2, 0) is 0 Å². The first-order chi connectivity index (χ1) is 9.22. The van der Waals surface area contributed by atoms with E-state index in [0.717, 1.165) is 31.2 Å². The normalized spacial score (nSPS) is 22.3. The molecule has 0 spiro atoms. The molecule has 19 heavy (non-hydrogen) atoms. The minimum Gasteiger partial charge on any atom is -0.493 e. The highest BCUT2D eigenvalue weighted by molar-refractivity contribution is 5.38. The van der Waals surface area contributed by atoms with Crippen molar-refractivity contribution in [2.45, 2.75) is 52.0 Å². The number of nitrogens with one attached hydrogen (secondary N) is 1. The second-order valence-electron chi connectivity index (χ2n) is 5.89. The van der Waals surface area contributed by atoms with Crippen LogP contribution in [0.15, 0.2) is 24.3 Å². The lowest BCUT2D eigenvalue weighted by Crippen LogP contribution is -2.36. The molecule has 0 aromatic heterocycles. The number of rotatable bonds is 7. The molecule has 0 heterocycles. The molecule has 1 N–H and O–H groups in total. The van der Waals surface area contributed by atoms with Gasteiger partial charge in [0.25, 0.3) is 0 Å². The predicted molar refractivity (Wildman–Crippen MR) is 80.8 cm³/mol. The van der Waals surface area contributed by atoms with Crippen molar-refractivity contribution < 1.29 is 4.74 Å². The maximum Gasteiger partial charge on any atom is 0.122 e. The van der Waals surface area contributed by atoms with Gasteiger partial charge in [0.1, 0.15) is 5.75 Å². The van der Waals surface area contributed by atoms with Crippen molar-refractivity contribution in [3.63, 3.8) is 0 Å². The maximum absolute atomic E-state index is 5.90. The highest BCUT2D eigenvalue weighted by Crippen LogP contribution is 2.45. The van der Waals surface area contributed by atoms with E-state index in [1.54, 1.807) is 0 Å². The lowest BCUT2D eigenvalue weighted by Gasteiger charge is -2.38. The van der Waals surface area contributed by atoms with Crippen molar-refractivity contribution >= 4 is 0 Å². The summed E-state index contributed by atoms with van der Waals surface area (Å²) in [5.41, 5.74) is 1.41. The van der Waals surface area contributed by atoms with E-state index in [9.17, 15) is 0 Å². The minimum atomic E-state index is 0.577. The number of benzene rings is 1. The van der Waals surface area contributed by atoms with Crippen LogP contribution in [0, 0.1) is 5.92 Å². The first-order valence-electron chi connectivity index (χ1n) is 7.67. The summed E-state index contributed by atoms with van der Waals surface area (Å²) in [5, 5.41) is 3.57. The van der Waals surface area contributed by atoms with Gasteiger partial charge in [-0.15, -0.1) is 0 Å². The van der Waals surface area contributed by atoms with E-state index < -0.39 is 0 Å². The smallest absolute Gasteiger partial charge is 0.122 e. The summed E-state index contributed by atoms with van der Waals surface area (Å²) in [4.78, 5) is 0. The van der Waals surface area contributed by atoms with Gasteiger partial charge in [-0.3, -0.25) is 0 Å². The topological polar surface area (TPSA) is 21.3 Å². The molecule has 2 unspecified atom stereocenters. The molecule has 1 aromatic rings. The van der Waals surface area contributed by atoms with Crippen molar-refractivity contribution in [3.8, 4) is 5.75 Å². The highest BCUT2D eigenvalue weighted by Gasteiger charge is 2.33. The quantitative estimate of drug-likeness (QED) is 0.802. The van der Waals surface area contributed by atoms with Crippen molar-refractivity contribution in [2.75, 3.05) is 13.2 Å². The summed E-state index contributed by atoms with van der Waals surface area (Å²) in [7, 11) is 0. The van der Waals surface area contributed by atoms with Gasteiger partial charge in [0, 0.05) is 6.04 Å². The molecule has 2 rings (SSSR count). The van der Waals surface area contributed by atoms with Crippen LogP contribution in [0.2, 0.25) is 0 Å². The SMILES string of the molecule is CCCOc1ccccc1C1CCC1CNC(C)C. The molecular formula is C17H27NO. The number of para-hydroxylation sites is 1. The third kappa shape index (κ3) is 3.73. The lowest BCUT2D eigenvalue weighted by molar-refractivity contribution is 0.230. The molecule has 0 aliphatic heterocycles. The molecule has 1 fully saturated rings. The van der Waals surface area contributed by atoms with Crippen LogP contribution in [0.5, 0.6) is 5.75 Å². The van der Waals surface area contributed by atoms with Crippen LogP contribution in [0.4, 0.5) is 0 Å². The van der Waals surface area contributed by atoms with Crippen LogP contribution in [0.3, 0.4) is 0 Å². The number of hydrogen-bond donors (Lipinski definition) is 1. The predicted octanol–water partition coefficient (Wildman–Crippen LogP) is 3.97. The molecule has 2 nitrogen and oxygen atoms in total. The molecule has 106 valence electrons. The van der Waals surface area contributed by atoms with Crippen molar-refractivity contribution in [1.29, 1.82) is 0 Å². The standard InChI is InChI=1S/C17H27NO/c1-4-11-19-17-8-6-5-7-16(17)15-10-9-14(15)12-18-13(2)3/h5-8,13-15,18H,4,9-12H2,1-3H3. The summed E-state index contributed by atoms with van der Waals surface area (Å²) >= 11 is 0. The second kappa shape index (κ2) is 6.95. The zero-order valence-corrected chi connectivity index (χ0v) is 12.5. The average molecular weight is 261 g/mol. The van der Waals surface area contributed by atoms with Crippen molar-refractivity contribution in [2.24, 2.45) is 5.92 Å². The fourth-order valence-corrected chi connectivity index (χ4v) is 2.74. The van der Waals surface area contributed by atoms with Gasteiger partial charge in [0.05, 0.1) is 6.61 Å². The first kappa shape index (κ1) is 14.4. The van der Waals surface area contributed by atoms with Crippen LogP contribution in [0.1, 0.15) is 51.5 Å². The highest BCUT2D eigenvalue weighted by atomic mass is 16.5. The molecule has 0 amide bonds. The molecule has 2 heteroatoms. The summed E-state index contributed by atoms with van der Waals surface area (Å²) < 4.78 is 5.90.